The predicted molar refractivity (Wildman–Crippen MR) is 80.9 cm³/mol. The zero-order chi connectivity index (χ0) is 13.8. The van der Waals surface area contributed by atoms with E-state index in [0.29, 0.717) is 12.1 Å². The summed E-state index contributed by atoms with van der Waals surface area (Å²) in [5, 5.41) is 4.43. The molecule has 1 aromatic rings. The third-order valence-electron chi connectivity index (χ3n) is 3.39. The third kappa shape index (κ3) is 4.37. The Balaban J connectivity index is 2.03. The molecule has 4 heteroatoms. The van der Waals surface area contributed by atoms with Gasteiger partial charge < -0.3 is 15.0 Å². The van der Waals surface area contributed by atoms with Gasteiger partial charge in [0.2, 0.25) is 0 Å². The Kier molecular flexibility index (Phi) is 5.08. The molecular formula is C15H23ClN2O. The van der Waals surface area contributed by atoms with Gasteiger partial charge in [-0.15, -0.1) is 0 Å². The quantitative estimate of drug-likeness (QED) is 0.916. The number of nitrogens with one attached hydrogen (secondary N) is 1. The second-order valence-electron chi connectivity index (χ2n) is 5.59. The fraction of sp³-hybridized carbons (Fsp3) is 0.600. The highest BCUT2D eigenvalue weighted by Crippen LogP contribution is 2.24. The highest BCUT2D eigenvalue weighted by Gasteiger charge is 2.19. The van der Waals surface area contributed by atoms with Crippen molar-refractivity contribution >= 4 is 17.3 Å². The first kappa shape index (κ1) is 14.6. The molecule has 1 aromatic carbocycles. The van der Waals surface area contributed by atoms with E-state index in [1.807, 2.05) is 6.07 Å². The average molecular weight is 283 g/mol. The van der Waals surface area contributed by atoms with Crippen molar-refractivity contribution in [1.29, 1.82) is 0 Å². The van der Waals surface area contributed by atoms with Crippen LogP contribution in [0, 0.1) is 0 Å². The third-order valence-corrected chi connectivity index (χ3v) is 3.76. The highest BCUT2D eigenvalue weighted by molar-refractivity contribution is 6.31. The normalized spacial score (nSPS) is 23.6. The van der Waals surface area contributed by atoms with Crippen LogP contribution in [0.4, 0.5) is 5.69 Å². The second kappa shape index (κ2) is 6.60. The lowest BCUT2D eigenvalue weighted by molar-refractivity contribution is 0.0232. The summed E-state index contributed by atoms with van der Waals surface area (Å²) < 4.78 is 5.57. The lowest BCUT2D eigenvalue weighted by Crippen LogP contribution is -2.32. The van der Waals surface area contributed by atoms with Crippen LogP contribution in [-0.4, -0.2) is 37.7 Å². The lowest BCUT2D eigenvalue weighted by atomic mass is 10.0. The molecular weight excluding hydrogens is 260 g/mol. The van der Waals surface area contributed by atoms with E-state index in [0.717, 1.165) is 42.3 Å². The van der Waals surface area contributed by atoms with Crippen LogP contribution in [0.3, 0.4) is 0 Å². The van der Waals surface area contributed by atoms with Crippen molar-refractivity contribution in [2.24, 2.45) is 0 Å². The SMILES string of the molecule is CC1CC(Nc2ccc(Cl)c(CN(C)C)c2)CCO1. The average Bonchev–Trinajstić information content (AvgIpc) is 2.33. The van der Waals surface area contributed by atoms with E-state index in [9.17, 15) is 0 Å². The largest absolute Gasteiger partial charge is 0.382 e. The zero-order valence-electron chi connectivity index (χ0n) is 11.9. The molecule has 0 bridgehead atoms. The topological polar surface area (TPSA) is 24.5 Å². The van der Waals surface area contributed by atoms with Crippen molar-refractivity contribution in [2.75, 3.05) is 26.0 Å². The number of benzene rings is 1. The van der Waals surface area contributed by atoms with Gasteiger partial charge in [0.25, 0.3) is 0 Å². The molecule has 1 aliphatic rings. The molecule has 3 nitrogen and oxygen atoms in total. The second-order valence-corrected chi connectivity index (χ2v) is 6.00. The molecule has 2 rings (SSSR count). The summed E-state index contributed by atoms with van der Waals surface area (Å²) in [6, 6.07) is 6.69. The van der Waals surface area contributed by atoms with Crippen molar-refractivity contribution in [3.63, 3.8) is 0 Å². The van der Waals surface area contributed by atoms with Gasteiger partial charge in [0.05, 0.1) is 6.10 Å². The van der Waals surface area contributed by atoms with Gasteiger partial charge in [-0.3, -0.25) is 0 Å². The fourth-order valence-electron chi connectivity index (χ4n) is 2.49. The van der Waals surface area contributed by atoms with Crippen molar-refractivity contribution in [2.45, 2.75) is 38.5 Å². The molecule has 0 saturated carbocycles. The molecule has 2 atom stereocenters. The molecule has 106 valence electrons. The minimum atomic E-state index is 0.347. The number of anilines is 1. The van der Waals surface area contributed by atoms with Gasteiger partial charge >= 0.3 is 0 Å². The summed E-state index contributed by atoms with van der Waals surface area (Å²) in [6.07, 6.45) is 2.47. The monoisotopic (exact) mass is 282 g/mol. The van der Waals surface area contributed by atoms with E-state index in [4.69, 9.17) is 16.3 Å². The number of halogens is 1. The van der Waals surface area contributed by atoms with Crippen molar-refractivity contribution in [1.82, 2.24) is 4.90 Å². The molecule has 0 aliphatic carbocycles. The van der Waals surface area contributed by atoms with Gasteiger partial charge in [0, 0.05) is 29.9 Å². The molecule has 2 unspecified atom stereocenters. The van der Waals surface area contributed by atoms with Crippen LogP contribution in [0.2, 0.25) is 5.02 Å². The first-order valence-corrected chi connectivity index (χ1v) is 7.23. The smallest absolute Gasteiger partial charge is 0.0566 e. The zero-order valence-corrected chi connectivity index (χ0v) is 12.7. The molecule has 1 fully saturated rings. The van der Waals surface area contributed by atoms with Gasteiger partial charge in [0.1, 0.15) is 0 Å². The van der Waals surface area contributed by atoms with Crippen LogP contribution < -0.4 is 5.32 Å². The maximum absolute atomic E-state index is 6.23. The molecule has 1 saturated heterocycles. The maximum atomic E-state index is 6.23. The Labute approximate surface area is 120 Å². The Bertz CT molecular complexity index is 423. The molecule has 0 aromatic heterocycles. The maximum Gasteiger partial charge on any atom is 0.0566 e. The van der Waals surface area contributed by atoms with E-state index in [1.54, 1.807) is 0 Å². The Morgan fingerprint density at radius 3 is 2.89 bits per heavy atom. The standard InChI is InChI=1S/C15H23ClN2O/c1-11-8-14(6-7-19-11)17-13-4-5-15(16)12(9-13)10-18(2)3/h4-5,9,11,14,17H,6-8,10H2,1-3H3. The van der Waals surface area contributed by atoms with Gasteiger partial charge in [-0.2, -0.15) is 0 Å². The number of ether oxygens (including phenoxy) is 1. The fourth-order valence-corrected chi connectivity index (χ4v) is 2.67. The van der Waals surface area contributed by atoms with Crippen molar-refractivity contribution < 1.29 is 4.74 Å². The summed E-state index contributed by atoms with van der Waals surface area (Å²) in [6.45, 7) is 3.84. The van der Waals surface area contributed by atoms with Gasteiger partial charge in [0.15, 0.2) is 0 Å². The van der Waals surface area contributed by atoms with Crippen LogP contribution in [0.5, 0.6) is 0 Å². The summed E-state index contributed by atoms with van der Waals surface area (Å²) in [5.74, 6) is 0. The molecule has 0 radical (unpaired) electrons. The molecule has 1 aliphatic heterocycles. The molecule has 0 spiro atoms. The number of nitrogens with zero attached hydrogens (tertiary/aromatic N) is 1. The molecule has 1 heterocycles. The summed E-state index contributed by atoms with van der Waals surface area (Å²) in [7, 11) is 4.10. The molecule has 0 amide bonds. The minimum absolute atomic E-state index is 0.347. The highest BCUT2D eigenvalue weighted by atomic mass is 35.5. The molecule has 1 N–H and O–H groups in total. The van der Waals surface area contributed by atoms with Gasteiger partial charge in [-0.05, 0) is 57.6 Å². The summed E-state index contributed by atoms with van der Waals surface area (Å²) in [4.78, 5) is 2.13. The number of rotatable bonds is 4. The van der Waals surface area contributed by atoms with Crippen LogP contribution in [0.15, 0.2) is 18.2 Å². The van der Waals surface area contributed by atoms with Gasteiger partial charge in [-0.25, -0.2) is 0 Å². The van der Waals surface area contributed by atoms with E-state index >= 15 is 0 Å². The summed E-state index contributed by atoms with van der Waals surface area (Å²) in [5.41, 5.74) is 2.32. The Hall–Kier alpha value is -0.770. The van der Waals surface area contributed by atoms with Crippen LogP contribution in [-0.2, 0) is 11.3 Å². The van der Waals surface area contributed by atoms with Crippen LogP contribution >= 0.6 is 11.6 Å². The van der Waals surface area contributed by atoms with Crippen LogP contribution in [0.1, 0.15) is 25.3 Å². The Morgan fingerprint density at radius 1 is 1.42 bits per heavy atom. The Morgan fingerprint density at radius 2 is 2.21 bits per heavy atom. The van der Waals surface area contributed by atoms with Crippen molar-refractivity contribution in [3.8, 4) is 0 Å². The predicted octanol–water partition coefficient (Wildman–Crippen LogP) is 3.38. The van der Waals surface area contributed by atoms with Crippen LogP contribution in [0.25, 0.3) is 0 Å². The van der Waals surface area contributed by atoms with E-state index in [2.05, 4.69) is 43.4 Å². The minimum Gasteiger partial charge on any atom is -0.382 e. The summed E-state index contributed by atoms with van der Waals surface area (Å²) >= 11 is 6.23. The van der Waals surface area contributed by atoms with E-state index < -0.39 is 0 Å². The number of hydrogen-bond donors (Lipinski definition) is 1. The lowest BCUT2D eigenvalue weighted by Gasteiger charge is -2.29. The van der Waals surface area contributed by atoms with E-state index in [1.165, 1.54) is 0 Å². The molecule has 19 heavy (non-hydrogen) atoms. The van der Waals surface area contributed by atoms with Crippen molar-refractivity contribution in [3.05, 3.63) is 28.8 Å². The van der Waals surface area contributed by atoms with Gasteiger partial charge in [-0.1, -0.05) is 11.6 Å². The first-order valence-electron chi connectivity index (χ1n) is 6.86. The first-order chi connectivity index (χ1) is 9.04. The van der Waals surface area contributed by atoms with E-state index in [-0.39, 0.29) is 0 Å². The number of hydrogen-bond acceptors (Lipinski definition) is 3.